The Hall–Kier alpha value is -2.43. The van der Waals surface area contributed by atoms with Gasteiger partial charge in [0, 0.05) is 24.5 Å². The first-order valence-electron chi connectivity index (χ1n) is 5.96. The van der Waals surface area contributed by atoms with Crippen molar-refractivity contribution < 1.29 is 9.53 Å². The third kappa shape index (κ3) is 1.93. The molecule has 1 aromatic heterocycles. The summed E-state index contributed by atoms with van der Waals surface area (Å²) in [6.07, 6.45) is 2.10. The molecule has 0 bridgehead atoms. The minimum absolute atomic E-state index is 0.118. The van der Waals surface area contributed by atoms with Crippen LogP contribution in [0.2, 0.25) is 0 Å². The number of benzene rings is 1. The van der Waals surface area contributed by atoms with Gasteiger partial charge in [-0.25, -0.2) is 4.98 Å². The lowest BCUT2D eigenvalue weighted by atomic mass is 10.1. The third-order valence-corrected chi connectivity index (χ3v) is 3.27. The number of carbonyl (C=O) groups is 1. The average Bonchev–Trinajstić information content (AvgIpc) is 2.73. The lowest BCUT2D eigenvalue weighted by Crippen LogP contribution is -2.20. The van der Waals surface area contributed by atoms with Crippen LogP contribution >= 0.6 is 0 Å². The van der Waals surface area contributed by atoms with Gasteiger partial charge >= 0.3 is 6.01 Å². The van der Waals surface area contributed by atoms with Crippen molar-refractivity contribution in [3.63, 3.8) is 0 Å². The van der Waals surface area contributed by atoms with E-state index >= 15 is 0 Å². The molecule has 1 amide bonds. The van der Waals surface area contributed by atoms with E-state index in [-0.39, 0.29) is 5.91 Å². The van der Waals surface area contributed by atoms with E-state index < -0.39 is 0 Å². The molecule has 5 heteroatoms. The van der Waals surface area contributed by atoms with E-state index in [0.29, 0.717) is 12.4 Å². The molecule has 3 rings (SSSR count). The molecular weight excluding hydrogens is 242 g/mol. The number of methoxy groups -OCH3 is 1. The quantitative estimate of drug-likeness (QED) is 0.819. The van der Waals surface area contributed by atoms with E-state index in [1.807, 2.05) is 24.3 Å². The summed E-state index contributed by atoms with van der Waals surface area (Å²) in [6, 6.07) is 8.06. The van der Waals surface area contributed by atoms with E-state index in [1.54, 1.807) is 18.1 Å². The van der Waals surface area contributed by atoms with E-state index in [1.165, 1.54) is 7.11 Å². The van der Waals surface area contributed by atoms with E-state index in [4.69, 9.17) is 4.74 Å². The maximum Gasteiger partial charge on any atom is 0.316 e. The van der Waals surface area contributed by atoms with E-state index in [2.05, 4.69) is 9.97 Å². The van der Waals surface area contributed by atoms with Gasteiger partial charge in [-0.2, -0.15) is 4.98 Å². The fourth-order valence-electron chi connectivity index (χ4n) is 2.23. The van der Waals surface area contributed by atoms with Gasteiger partial charge in [0.15, 0.2) is 0 Å². The van der Waals surface area contributed by atoms with Crippen LogP contribution in [0.3, 0.4) is 0 Å². The van der Waals surface area contributed by atoms with Gasteiger partial charge in [-0.05, 0) is 23.8 Å². The summed E-state index contributed by atoms with van der Waals surface area (Å²) in [4.78, 5) is 21.6. The van der Waals surface area contributed by atoms with Crippen molar-refractivity contribution in [3.05, 3.63) is 36.0 Å². The van der Waals surface area contributed by atoms with Gasteiger partial charge in [-0.15, -0.1) is 0 Å². The Morgan fingerprint density at radius 1 is 1.32 bits per heavy atom. The molecule has 0 atom stereocenters. The van der Waals surface area contributed by atoms with Crippen LogP contribution in [0.5, 0.6) is 6.01 Å². The number of fused-ring (bicyclic) bond motifs is 1. The number of hydrogen-bond donors (Lipinski definition) is 0. The number of rotatable bonds is 2. The van der Waals surface area contributed by atoms with Crippen molar-refractivity contribution in [2.45, 2.75) is 6.42 Å². The Bertz CT molecular complexity index is 655. The van der Waals surface area contributed by atoms with Gasteiger partial charge in [0.05, 0.1) is 19.2 Å². The Balaban J connectivity index is 2.03. The molecule has 0 unspecified atom stereocenters. The highest BCUT2D eigenvalue weighted by atomic mass is 16.5. The Morgan fingerprint density at radius 2 is 2.16 bits per heavy atom. The second-order valence-corrected chi connectivity index (χ2v) is 4.40. The molecule has 0 aliphatic carbocycles. The van der Waals surface area contributed by atoms with Gasteiger partial charge in [0.25, 0.3) is 0 Å². The number of aromatic nitrogens is 2. The lowest BCUT2D eigenvalue weighted by molar-refractivity contribution is -0.117. The molecule has 1 aliphatic rings. The Kier molecular flexibility index (Phi) is 2.67. The fraction of sp³-hybridized carbons (Fsp3) is 0.214. The molecular formula is C14H13N3O2. The minimum atomic E-state index is 0.118. The van der Waals surface area contributed by atoms with Crippen LogP contribution in [-0.2, 0) is 11.2 Å². The summed E-state index contributed by atoms with van der Waals surface area (Å²) >= 11 is 0. The molecule has 0 spiro atoms. The molecule has 19 heavy (non-hydrogen) atoms. The number of ether oxygens (including phenoxy) is 1. The molecule has 5 nitrogen and oxygen atoms in total. The summed E-state index contributed by atoms with van der Waals surface area (Å²) < 4.78 is 5.02. The van der Waals surface area contributed by atoms with Crippen LogP contribution in [0.1, 0.15) is 5.56 Å². The summed E-state index contributed by atoms with van der Waals surface area (Å²) in [5.74, 6) is 0.118. The number of carbonyl (C=O) groups excluding carboxylic acids is 1. The second kappa shape index (κ2) is 4.35. The monoisotopic (exact) mass is 255 g/mol. The van der Waals surface area contributed by atoms with Crippen molar-refractivity contribution >= 4 is 11.6 Å². The summed E-state index contributed by atoms with van der Waals surface area (Å²) in [7, 11) is 3.33. The van der Waals surface area contributed by atoms with Crippen molar-refractivity contribution in [2.24, 2.45) is 0 Å². The van der Waals surface area contributed by atoms with Crippen LogP contribution in [0, 0.1) is 0 Å². The SMILES string of the molecule is COc1nccc(-c2ccc3c(c2)CC(=O)N3C)n1. The minimum Gasteiger partial charge on any atom is -0.467 e. The van der Waals surface area contributed by atoms with Gasteiger partial charge in [-0.1, -0.05) is 6.07 Å². The zero-order valence-corrected chi connectivity index (χ0v) is 10.8. The van der Waals surface area contributed by atoms with Gasteiger partial charge in [-0.3, -0.25) is 4.79 Å². The van der Waals surface area contributed by atoms with Crippen LogP contribution in [0.4, 0.5) is 5.69 Å². The number of amides is 1. The largest absolute Gasteiger partial charge is 0.467 e. The van der Waals surface area contributed by atoms with E-state index in [0.717, 1.165) is 22.5 Å². The smallest absolute Gasteiger partial charge is 0.316 e. The van der Waals surface area contributed by atoms with Gasteiger partial charge < -0.3 is 9.64 Å². The normalized spacial score (nSPS) is 13.6. The topological polar surface area (TPSA) is 55.3 Å². The van der Waals surface area contributed by atoms with Crippen LogP contribution in [0.15, 0.2) is 30.5 Å². The molecule has 0 saturated carbocycles. The number of anilines is 1. The number of hydrogen-bond acceptors (Lipinski definition) is 4. The maximum atomic E-state index is 11.7. The van der Waals surface area contributed by atoms with Crippen molar-refractivity contribution in [1.29, 1.82) is 0 Å². The Labute approximate surface area is 110 Å². The van der Waals surface area contributed by atoms with Gasteiger partial charge in [0.1, 0.15) is 0 Å². The highest BCUT2D eigenvalue weighted by Crippen LogP contribution is 2.31. The van der Waals surface area contributed by atoms with Crippen molar-refractivity contribution in [3.8, 4) is 17.3 Å². The first-order valence-corrected chi connectivity index (χ1v) is 5.96. The second-order valence-electron chi connectivity index (χ2n) is 4.40. The zero-order valence-electron chi connectivity index (χ0n) is 10.8. The Morgan fingerprint density at radius 3 is 2.95 bits per heavy atom. The fourth-order valence-corrected chi connectivity index (χ4v) is 2.23. The highest BCUT2D eigenvalue weighted by Gasteiger charge is 2.24. The molecule has 1 aliphatic heterocycles. The van der Waals surface area contributed by atoms with Crippen molar-refractivity contribution in [1.82, 2.24) is 9.97 Å². The highest BCUT2D eigenvalue weighted by molar-refractivity contribution is 6.01. The molecule has 1 aromatic carbocycles. The predicted octanol–water partition coefficient (Wildman–Crippen LogP) is 1.67. The summed E-state index contributed by atoms with van der Waals surface area (Å²) in [5, 5.41) is 0. The first kappa shape index (κ1) is 11.6. The predicted molar refractivity (Wildman–Crippen MR) is 71.1 cm³/mol. The summed E-state index contributed by atoms with van der Waals surface area (Å²) in [6.45, 7) is 0. The van der Waals surface area contributed by atoms with Crippen LogP contribution in [-0.4, -0.2) is 30.0 Å². The molecule has 0 fully saturated rings. The molecule has 2 heterocycles. The first-order chi connectivity index (χ1) is 9.19. The molecule has 0 N–H and O–H groups in total. The number of likely N-dealkylation sites (N-methyl/N-ethyl adjacent to an activating group) is 1. The van der Waals surface area contributed by atoms with E-state index in [9.17, 15) is 4.79 Å². The molecule has 96 valence electrons. The standard InChI is InChI=1S/C14H13N3O2/c1-17-12-4-3-9(7-10(12)8-13(17)18)11-5-6-15-14(16-11)19-2/h3-7H,8H2,1-2H3. The maximum absolute atomic E-state index is 11.7. The van der Waals surface area contributed by atoms with Gasteiger partial charge in [0.2, 0.25) is 5.91 Å². The van der Waals surface area contributed by atoms with Crippen LogP contribution in [0.25, 0.3) is 11.3 Å². The zero-order chi connectivity index (χ0) is 13.4. The molecule has 0 radical (unpaired) electrons. The number of nitrogens with zero attached hydrogens (tertiary/aromatic N) is 3. The summed E-state index contributed by atoms with van der Waals surface area (Å²) in [5.41, 5.74) is 3.75. The molecule has 0 saturated heterocycles. The van der Waals surface area contributed by atoms with Crippen LogP contribution < -0.4 is 9.64 Å². The lowest BCUT2D eigenvalue weighted by Gasteiger charge is -2.10. The third-order valence-electron chi connectivity index (χ3n) is 3.27. The molecule has 2 aromatic rings. The average molecular weight is 255 g/mol. The van der Waals surface area contributed by atoms with Crippen molar-refractivity contribution in [2.75, 3.05) is 19.1 Å².